The first kappa shape index (κ1) is 19.5. The van der Waals surface area contributed by atoms with Gasteiger partial charge in [-0.25, -0.2) is 4.79 Å². The van der Waals surface area contributed by atoms with Crippen molar-refractivity contribution in [1.29, 1.82) is 0 Å². The monoisotopic (exact) mass is 320 g/mol. The average Bonchev–Trinajstić information content (AvgIpc) is 2.44. The maximum Gasteiger partial charge on any atom is 0.407 e. The van der Waals surface area contributed by atoms with Crippen LogP contribution in [0.15, 0.2) is 24.3 Å². The summed E-state index contributed by atoms with van der Waals surface area (Å²) in [4.78, 5) is 11.9. The Hall–Kier alpha value is -1.55. The standard InChI is InChI=1S/C19H32N2O2/c1-7-15-8-10-16(11-9-15)12-20-13-17(14(2)3)21-18(22)23-19(4,5)6/h8-11,14,17,20H,7,12-13H2,1-6H3,(H,21,22). The summed E-state index contributed by atoms with van der Waals surface area (Å²) in [5.41, 5.74) is 2.13. The van der Waals surface area contributed by atoms with Crippen LogP contribution < -0.4 is 10.6 Å². The van der Waals surface area contributed by atoms with Crippen LogP contribution in [0.25, 0.3) is 0 Å². The summed E-state index contributed by atoms with van der Waals surface area (Å²) >= 11 is 0. The number of carbonyl (C=O) groups excluding carboxylic acids is 1. The molecule has 0 aliphatic heterocycles. The van der Waals surface area contributed by atoms with E-state index in [9.17, 15) is 4.79 Å². The molecule has 23 heavy (non-hydrogen) atoms. The highest BCUT2D eigenvalue weighted by atomic mass is 16.6. The lowest BCUT2D eigenvalue weighted by Crippen LogP contribution is -2.46. The molecular weight excluding hydrogens is 288 g/mol. The Bertz CT molecular complexity index is 475. The number of hydrogen-bond donors (Lipinski definition) is 2. The van der Waals surface area contributed by atoms with Gasteiger partial charge < -0.3 is 15.4 Å². The third-order valence-corrected chi connectivity index (χ3v) is 3.63. The van der Waals surface area contributed by atoms with Gasteiger partial charge in [-0.05, 0) is 44.2 Å². The molecule has 1 rings (SSSR count). The fourth-order valence-electron chi connectivity index (χ4n) is 2.18. The zero-order valence-corrected chi connectivity index (χ0v) is 15.4. The Kier molecular flexibility index (Phi) is 7.56. The molecule has 0 spiro atoms. The zero-order chi connectivity index (χ0) is 17.5. The summed E-state index contributed by atoms with van der Waals surface area (Å²) < 4.78 is 5.33. The summed E-state index contributed by atoms with van der Waals surface area (Å²) in [6.45, 7) is 13.5. The van der Waals surface area contributed by atoms with Crippen molar-refractivity contribution in [3.8, 4) is 0 Å². The van der Waals surface area contributed by atoms with Crippen LogP contribution in [0.5, 0.6) is 0 Å². The number of aryl methyl sites for hydroxylation is 1. The molecule has 1 aromatic carbocycles. The third kappa shape index (κ3) is 8.03. The van der Waals surface area contributed by atoms with Crippen LogP contribution in [-0.2, 0) is 17.7 Å². The molecular formula is C19H32N2O2. The third-order valence-electron chi connectivity index (χ3n) is 3.63. The van der Waals surface area contributed by atoms with Crippen molar-refractivity contribution in [1.82, 2.24) is 10.6 Å². The van der Waals surface area contributed by atoms with Crippen molar-refractivity contribution < 1.29 is 9.53 Å². The van der Waals surface area contributed by atoms with Gasteiger partial charge in [0, 0.05) is 19.1 Å². The number of benzene rings is 1. The highest BCUT2D eigenvalue weighted by Gasteiger charge is 2.21. The molecule has 1 atom stereocenters. The smallest absolute Gasteiger partial charge is 0.407 e. The average molecular weight is 320 g/mol. The lowest BCUT2D eigenvalue weighted by Gasteiger charge is -2.26. The van der Waals surface area contributed by atoms with E-state index < -0.39 is 5.60 Å². The molecule has 0 bridgehead atoms. The van der Waals surface area contributed by atoms with E-state index in [0.29, 0.717) is 12.5 Å². The zero-order valence-electron chi connectivity index (χ0n) is 15.4. The fraction of sp³-hybridized carbons (Fsp3) is 0.632. The molecule has 4 heteroatoms. The van der Waals surface area contributed by atoms with Gasteiger partial charge in [-0.1, -0.05) is 45.0 Å². The summed E-state index contributed by atoms with van der Waals surface area (Å²) in [6.07, 6.45) is 0.702. The number of amides is 1. The maximum atomic E-state index is 11.9. The number of hydrogen-bond acceptors (Lipinski definition) is 3. The molecule has 0 aliphatic carbocycles. The number of alkyl carbamates (subject to hydrolysis) is 1. The lowest BCUT2D eigenvalue weighted by atomic mass is 10.0. The van der Waals surface area contributed by atoms with E-state index in [0.717, 1.165) is 13.0 Å². The molecule has 1 unspecified atom stereocenters. The van der Waals surface area contributed by atoms with Crippen molar-refractivity contribution >= 4 is 6.09 Å². The number of rotatable bonds is 7. The molecule has 0 saturated carbocycles. The number of ether oxygens (including phenoxy) is 1. The van der Waals surface area contributed by atoms with Crippen molar-refractivity contribution in [3.63, 3.8) is 0 Å². The minimum atomic E-state index is -0.472. The van der Waals surface area contributed by atoms with Gasteiger partial charge in [-0.2, -0.15) is 0 Å². The van der Waals surface area contributed by atoms with E-state index in [1.54, 1.807) is 0 Å². The van der Waals surface area contributed by atoms with E-state index in [-0.39, 0.29) is 12.1 Å². The predicted molar refractivity (Wildman–Crippen MR) is 95.5 cm³/mol. The minimum Gasteiger partial charge on any atom is -0.444 e. The van der Waals surface area contributed by atoms with Crippen LogP contribution in [0.4, 0.5) is 4.79 Å². The van der Waals surface area contributed by atoms with Crippen LogP contribution in [0.1, 0.15) is 52.7 Å². The van der Waals surface area contributed by atoms with Crippen LogP contribution in [0.3, 0.4) is 0 Å². The molecule has 0 radical (unpaired) electrons. The van der Waals surface area contributed by atoms with Gasteiger partial charge in [0.25, 0.3) is 0 Å². The number of nitrogens with one attached hydrogen (secondary N) is 2. The molecule has 130 valence electrons. The van der Waals surface area contributed by atoms with Gasteiger partial charge >= 0.3 is 6.09 Å². The summed E-state index contributed by atoms with van der Waals surface area (Å²) in [5.74, 6) is 0.331. The summed E-state index contributed by atoms with van der Waals surface area (Å²) in [5, 5.41) is 6.37. The first-order valence-electron chi connectivity index (χ1n) is 8.49. The van der Waals surface area contributed by atoms with Crippen molar-refractivity contribution in [3.05, 3.63) is 35.4 Å². The molecule has 0 aliphatic rings. The normalized spacial score (nSPS) is 13.0. The van der Waals surface area contributed by atoms with Gasteiger partial charge in [-0.3, -0.25) is 0 Å². The Morgan fingerprint density at radius 1 is 1.13 bits per heavy atom. The highest BCUT2D eigenvalue weighted by Crippen LogP contribution is 2.09. The predicted octanol–water partition coefficient (Wildman–Crippen LogP) is 3.89. The molecule has 1 amide bonds. The van der Waals surface area contributed by atoms with Crippen molar-refractivity contribution in [2.24, 2.45) is 5.92 Å². The largest absolute Gasteiger partial charge is 0.444 e. The van der Waals surface area contributed by atoms with Gasteiger partial charge in [0.15, 0.2) is 0 Å². The topological polar surface area (TPSA) is 50.4 Å². The second kappa shape index (κ2) is 8.92. The first-order valence-corrected chi connectivity index (χ1v) is 8.49. The Morgan fingerprint density at radius 3 is 2.17 bits per heavy atom. The number of carbonyl (C=O) groups is 1. The van der Waals surface area contributed by atoms with Crippen molar-refractivity contribution in [2.45, 2.75) is 66.2 Å². The first-order chi connectivity index (χ1) is 10.7. The molecule has 0 fully saturated rings. The van der Waals surface area contributed by atoms with E-state index in [1.807, 2.05) is 20.8 Å². The van der Waals surface area contributed by atoms with Gasteiger partial charge in [-0.15, -0.1) is 0 Å². The second-order valence-electron chi connectivity index (χ2n) is 7.30. The van der Waals surface area contributed by atoms with E-state index in [2.05, 4.69) is 55.7 Å². The van der Waals surface area contributed by atoms with Gasteiger partial charge in [0.2, 0.25) is 0 Å². The Labute approximate surface area is 141 Å². The quantitative estimate of drug-likeness (QED) is 0.801. The Morgan fingerprint density at radius 2 is 1.70 bits per heavy atom. The fourth-order valence-corrected chi connectivity index (χ4v) is 2.18. The van der Waals surface area contributed by atoms with Crippen LogP contribution >= 0.6 is 0 Å². The van der Waals surface area contributed by atoms with E-state index in [4.69, 9.17) is 4.74 Å². The van der Waals surface area contributed by atoms with Crippen molar-refractivity contribution in [2.75, 3.05) is 6.54 Å². The van der Waals surface area contributed by atoms with E-state index in [1.165, 1.54) is 11.1 Å². The van der Waals surface area contributed by atoms with Crippen LogP contribution in [0.2, 0.25) is 0 Å². The van der Waals surface area contributed by atoms with E-state index >= 15 is 0 Å². The minimum absolute atomic E-state index is 0.0414. The van der Waals surface area contributed by atoms with Crippen LogP contribution in [-0.4, -0.2) is 24.3 Å². The molecule has 0 aromatic heterocycles. The van der Waals surface area contributed by atoms with Crippen LogP contribution in [0, 0.1) is 5.92 Å². The lowest BCUT2D eigenvalue weighted by molar-refractivity contribution is 0.0490. The molecule has 4 nitrogen and oxygen atoms in total. The Balaban J connectivity index is 2.45. The second-order valence-corrected chi connectivity index (χ2v) is 7.30. The molecule has 0 saturated heterocycles. The summed E-state index contributed by atoms with van der Waals surface area (Å²) in [6, 6.07) is 8.67. The SMILES string of the molecule is CCc1ccc(CNCC(NC(=O)OC(C)(C)C)C(C)C)cc1. The summed E-state index contributed by atoms with van der Waals surface area (Å²) in [7, 11) is 0. The van der Waals surface area contributed by atoms with Gasteiger partial charge in [0.05, 0.1) is 0 Å². The maximum absolute atomic E-state index is 11.9. The molecule has 1 aromatic rings. The molecule has 2 N–H and O–H groups in total. The highest BCUT2D eigenvalue weighted by molar-refractivity contribution is 5.68. The van der Waals surface area contributed by atoms with Gasteiger partial charge in [0.1, 0.15) is 5.60 Å². The molecule has 0 heterocycles.